The molecular formula is C24H29N3O3. The number of carbonyl (C=O) groups excluding carboxylic acids is 1. The minimum atomic E-state index is 0.165. The van der Waals surface area contributed by atoms with Crippen LogP contribution in [-0.2, 0) is 11.3 Å². The Hall–Kier alpha value is -3.02. The molecule has 6 nitrogen and oxygen atoms in total. The fourth-order valence-corrected chi connectivity index (χ4v) is 4.14. The smallest absolute Gasteiger partial charge is 0.223 e. The van der Waals surface area contributed by atoms with Crippen LogP contribution in [0.2, 0.25) is 0 Å². The van der Waals surface area contributed by atoms with Crippen LogP contribution in [0, 0.1) is 0 Å². The molecule has 1 atom stereocenters. The molecule has 1 aliphatic rings. The van der Waals surface area contributed by atoms with Crippen LogP contribution in [0.15, 0.2) is 48.5 Å². The lowest BCUT2D eigenvalue weighted by Gasteiger charge is -2.15. The number of likely N-dealkylation sites (N-methyl/N-ethyl adjacent to an activating group) is 1. The summed E-state index contributed by atoms with van der Waals surface area (Å²) in [5, 5.41) is 0. The zero-order chi connectivity index (χ0) is 20.9. The van der Waals surface area contributed by atoms with Gasteiger partial charge in [-0.2, -0.15) is 0 Å². The molecule has 1 amide bonds. The molecule has 1 aromatic heterocycles. The number of nitrogens with zero attached hydrogens (tertiary/aromatic N) is 3. The Kier molecular flexibility index (Phi) is 6.21. The molecule has 0 N–H and O–H groups in total. The third kappa shape index (κ3) is 4.27. The number of rotatable bonds is 9. The number of unbranched alkanes of at least 4 members (excludes halogenated alkanes) is 1. The van der Waals surface area contributed by atoms with E-state index in [4.69, 9.17) is 14.5 Å². The normalized spacial score (nSPS) is 16.4. The summed E-state index contributed by atoms with van der Waals surface area (Å²) in [5.74, 6) is 3.06. The predicted octanol–water partition coefficient (Wildman–Crippen LogP) is 4.24. The Morgan fingerprint density at radius 1 is 1.10 bits per heavy atom. The molecule has 30 heavy (non-hydrogen) atoms. The molecule has 0 radical (unpaired) electrons. The van der Waals surface area contributed by atoms with Crippen LogP contribution in [0.5, 0.6) is 11.5 Å². The van der Waals surface area contributed by atoms with Gasteiger partial charge in [-0.3, -0.25) is 4.79 Å². The van der Waals surface area contributed by atoms with E-state index in [0.717, 1.165) is 60.8 Å². The average molecular weight is 408 g/mol. The van der Waals surface area contributed by atoms with Gasteiger partial charge in [0.2, 0.25) is 5.91 Å². The van der Waals surface area contributed by atoms with Crippen molar-refractivity contribution in [3.05, 3.63) is 54.4 Å². The number of benzene rings is 2. The average Bonchev–Trinajstić information content (AvgIpc) is 3.33. The van der Waals surface area contributed by atoms with Gasteiger partial charge in [0, 0.05) is 38.0 Å². The number of likely N-dealkylation sites (tertiary alicyclic amines) is 1. The fourth-order valence-electron chi connectivity index (χ4n) is 4.14. The first-order valence-electron chi connectivity index (χ1n) is 10.7. The highest BCUT2D eigenvalue weighted by Gasteiger charge is 2.32. The second-order valence-corrected chi connectivity index (χ2v) is 7.68. The van der Waals surface area contributed by atoms with E-state index in [1.807, 2.05) is 48.2 Å². The van der Waals surface area contributed by atoms with Crippen molar-refractivity contribution in [3.63, 3.8) is 0 Å². The van der Waals surface area contributed by atoms with Gasteiger partial charge in [0.05, 0.1) is 24.8 Å². The van der Waals surface area contributed by atoms with Gasteiger partial charge in [-0.25, -0.2) is 4.98 Å². The summed E-state index contributed by atoms with van der Waals surface area (Å²) in [6.07, 6.45) is 2.47. The molecule has 1 unspecified atom stereocenters. The lowest BCUT2D eigenvalue weighted by atomic mass is 10.1. The molecule has 0 spiro atoms. The molecule has 0 saturated carbocycles. The maximum atomic E-state index is 12.3. The summed E-state index contributed by atoms with van der Waals surface area (Å²) in [4.78, 5) is 19.1. The molecular weight excluding hydrogens is 378 g/mol. The first kappa shape index (κ1) is 20.3. The molecule has 0 aliphatic carbocycles. The van der Waals surface area contributed by atoms with Gasteiger partial charge in [-0.1, -0.05) is 18.2 Å². The minimum Gasteiger partial charge on any atom is -0.497 e. The number of aromatic nitrogens is 2. The fraction of sp³-hybridized carbons (Fsp3) is 0.417. The van der Waals surface area contributed by atoms with Crippen LogP contribution >= 0.6 is 0 Å². The Morgan fingerprint density at radius 2 is 1.93 bits per heavy atom. The zero-order valence-corrected chi connectivity index (χ0v) is 17.7. The summed E-state index contributed by atoms with van der Waals surface area (Å²) in [7, 11) is 1.66. The Balaban J connectivity index is 1.41. The van der Waals surface area contributed by atoms with E-state index in [1.165, 1.54) is 0 Å². The van der Waals surface area contributed by atoms with Crippen LogP contribution in [0.3, 0.4) is 0 Å². The lowest BCUT2D eigenvalue weighted by molar-refractivity contribution is -0.127. The van der Waals surface area contributed by atoms with E-state index in [9.17, 15) is 4.79 Å². The highest BCUT2D eigenvalue weighted by Crippen LogP contribution is 2.30. The predicted molar refractivity (Wildman–Crippen MR) is 117 cm³/mol. The van der Waals surface area contributed by atoms with Gasteiger partial charge in [0.25, 0.3) is 0 Å². The van der Waals surface area contributed by atoms with Crippen molar-refractivity contribution in [2.45, 2.75) is 38.6 Å². The van der Waals surface area contributed by atoms with Crippen molar-refractivity contribution in [1.29, 1.82) is 0 Å². The maximum absolute atomic E-state index is 12.3. The van der Waals surface area contributed by atoms with E-state index in [1.54, 1.807) is 7.11 Å². The number of ether oxygens (including phenoxy) is 2. The first-order chi connectivity index (χ1) is 14.7. The highest BCUT2D eigenvalue weighted by atomic mass is 16.5. The third-order valence-corrected chi connectivity index (χ3v) is 5.73. The molecule has 4 rings (SSSR count). The molecule has 3 aromatic rings. The molecule has 2 heterocycles. The molecule has 1 saturated heterocycles. The second-order valence-electron chi connectivity index (χ2n) is 7.68. The van der Waals surface area contributed by atoms with Gasteiger partial charge in [0.1, 0.15) is 17.3 Å². The van der Waals surface area contributed by atoms with Crippen molar-refractivity contribution in [2.75, 3.05) is 26.8 Å². The molecule has 1 aliphatic heterocycles. The van der Waals surface area contributed by atoms with Gasteiger partial charge in [0.15, 0.2) is 0 Å². The summed E-state index contributed by atoms with van der Waals surface area (Å²) in [6, 6.07) is 15.9. The standard InChI is InChI=1S/C24H29N3O3/c1-3-26-17-18(15-23(26)28)24-25-21-11-4-5-12-22(21)27(24)13-6-7-14-30-20-10-8-9-19(16-20)29-2/h4-5,8-12,16,18H,3,6-7,13-15,17H2,1-2H3. The summed E-state index contributed by atoms with van der Waals surface area (Å²) in [5.41, 5.74) is 2.14. The number of para-hydroxylation sites is 2. The molecule has 1 fully saturated rings. The van der Waals surface area contributed by atoms with E-state index in [2.05, 4.69) is 16.7 Å². The van der Waals surface area contributed by atoms with Gasteiger partial charge in [-0.15, -0.1) is 0 Å². The van der Waals surface area contributed by atoms with Crippen molar-refractivity contribution in [1.82, 2.24) is 14.5 Å². The molecule has 6 heteroatoms. The van der Waals surface area contributed by atoms with E-state index in [0.29, 0.717) is 13.0 Å². The van der Waals surface area contributed by atoms with Crippen molar-refractivity contribution in [2.24, 2.45) is 0 Å². The summed E-state index contributed by atoms with van der Waals surface area (Å²) >= 11 is 0. The van der Waals surface area contributed by atoms with E-state index < -0.39 is 0 Å². The number of aryl methyl sites for hydroxylation is 1. The van der Waals surface area contributed by atoms with Gasteiger partial charge < -0.3 is 18.9 Å². The topological polar surface area (TPSA) is 56.6 Å². The van der Waals surface area contributed by atoms with Crippen LogP contribution in [-0.4, -0.2) is 47.2 Å². The summed E-state index contributed by atoms with van der Waals surface area (Å²) in [6.45, 7) is 5.08. The monoisotopic (exact) mass is 407 g/mol. The van der Waals surface area contributed by atoms with Crippen LogP contribution in [0.1, 0.15) is 37.9 Å². The number of hydrogen-bond donors (Lipinski definition) is 0. The number of amides is 1. The van der Waals surface area contributed by atoms with E-state index in [-0.39, 0.29) is 11.8 Å². The number of imidazole rings is 1. The van der Waals surface area contributed by atoms with Crippen molar-refractivity contribution < 1.29 is 14.3 Å². The van der Waals surface area contributed by atoms with Crippen LogP contribution < -0.4 is 9.47 Å². The van der Waals surface area contributed by atoms with Crippen LogP contribution in [0.4, 0.5) is 0 Å². The Morgan fingerprint density at radius 3 is 2.73 bits per heavy atom. The van der Waals surface area contributed by atoms with E-state index >= 15 is 0 Å². The summed E-state index contributed by atoms with van der Waals surface area (Å²) < 4.78 is 13.4. The van der Waals surface area contributed by atoms with Gasteiger partial charge in [-0.05, 0) is 44.0 Å². The number of methoxy groups -OCH3 is 1. The number of hydrogen-bond acceptors (Lipinski definition) is 4. The lowest BCUT2D eigenvalue weighted by Crippen LogP contribution is -2.24. The largest absolute Gasteiger partial charge is 0.497 e. The maximum Gasteiger partial charge on any atom is 0.223 e. The van der Waals surface area contributed by atoms with Crippen molar-refractivity contribution in [3.8, 4) is 11.5 Å². The molecule has 2 aromatic carbocycles. The first-order valence-corrected chi connectivity index (χ1v) is 10.7. The van der Waals surface area contributed by atoms with Crippen LogP contribution in [0.25, 0.3) is 11.0 Å². The zero-order valence-electron chi connectivity index (χ0n) is 17.7. The number of carbonyl (C=O) groups is 1. The Labute approximate surface area is 177 Å². The number of fused-ring (bicyclic) bond motifs is 1. The van der Waals surface area contributed by atoms with Gasteiger partial charge >= 0.3 is 0 Å². The second kappa shape index (κ2) is 9.20. The molecule has 158 valence electrons. The quantitative estimate of drug-likeness (QED) is 0.498. The third-order valence-electron chi connectivity index (χ3n) is 5.73. The Bertz CT molecular complexity index is 1010. The van der Waals surface area contributed by atoms with Crippen molar-refractivity contribution >= 4 is 16.9 Å². The minimum absolute atomic E-state index is 0.165. The SMILES string of the molecule is CCN1CC(c2nc3ccccc3n2CCCCOc2cccc(OC)c2)CC1=O. The molecule has 0 bridgehead atoms. The highest BCUT2D eigenvalue weighted by molar-refractivity contribution is 5.80.